The van der Waals surface area contributed by atoms with Crippen LogP contribution in [0.2, 0.25) is 0 Å². The number of amides is 1. The lowest BCUT2D eigenvalue weighted by Crippen LogP contribution is -2.41. The van der Waals surface area contributed by atoms with Crippen molar-refractivity contribution in [3.8, 4) is 0 Å². The fourth-order valence-electron chi connectivity index (χ4n) is 2.62. The topological polar surface area (TPSA) is 55.6 Å². The van der Waals surface area contributed by atoms with Crippen molar-refractivity contribution in [3.63, 3.8) is 0 Å². The Morgan fingerprint density at radius 1 is 1.62 bits per heavy atom. The van der Waals surface area contributed by atoms with Crippen LogP contribution in [0.25, 0.3) is 0 Å². The predicted octanol–water partition coefficient (Wildman–Crippen LogP) is -0.277. The minimum absolute atomic E-state index is 0.1000. The van der Waals surface area contributed by atoms with Gasteiger partial charge >= 0.3 is 0 Å². The highest BCUT2D eigenvalue weighted by molar-refractivity contribution is 5.79. The van der Waals surface area contributed by atoms with E-state index in [0.717, 1.165) is 19.3 Å². The summed E-state index contributed by atoms with van der Waals surface area (Å²) in [4.78, 5) is 13.5. The molecule has 2 aliphatic heterocycles. The van der Waals surface area contributed by atoms with E-state index in [2.05, 4.69) is 0 Å². The van der Waals surface area contributed by atoms with Crippen molar-refractivity contribution in [2.75, 3.05) is 13.7 Å². The van der Waals surface area contributed by atoms with Gasteiger partial charge in [0.15, 0.2) is 0 Å². The van der Waals surface area contributed by atoms with Crippen LogP contribution in [-0.4, -0.2) is 42.6 Å². The third kappa shape index (κ3) is 1.34. The minimum Gasteiger partial charge on any atom is -0.375 e. The molecule has 13 heavy (non-hydrogen) atoms. The van der Waals surface area contributed by atoms with Gasteiger partial charge in [-0.25, -0.2) is 0 Å². The van der Waals surface area contributed by atoms with Gasteiger partial charge in [-0.2, -0.15) is 0 Å². The molecule has 0 aromatic heterocycles. The largest absolute Gasteiger partial charge is 0.375 e. The van der Waals surface area contributed by atoms with E-state index in [1.807, 2.05) is 4.90 Å². The van der Waals surface area contributed by atoms with Crippen LogP contribution in [0.1, 0.15) is 19.3 Å². The summed E-state index contributed by atoms with van der Waals surface area (Å²) >= 11 is 0. The number of nitrogens with zero attached hydrogens (tertiary/aromatic N) is 1. The maximum atomic E-state index is 11.6. The van der Waals surface area contributed by atoms with Crippen LogP contribution in [0.4, 0.5) is 0 Å². The van der Waals surface area contributed by atoms with Gasteiger partial charge in [0, 0.05) is 25.2 Å². The first kappa shape index (κ1) is 8.97. The lowest BCUT2D eigenvalue weighted by Gasteiger charge is -2.22. The Hall–Kier alpha value is -0.610. The number of carbonyl (C=O) groups excluding carboxylic acids is 1. The Morgan fingerprint density at radius 2 is 2.38 bits per heavy atom. The van der Waals surface area contributed by atoms with Crippen molar-refractivity contribution in [1.29, 1.82) is 0 Å². The van der Waals surface area contributed by atoms with E-state index in [9.17, 15) is 4.79 Å². The van der Waals surface area contributed by atoms with Gasteiger partial charge in [-0.15, -0.1) is 0 Å². The summed E-state index contributed by atoms with van der Waals surface area (Å²) in [7, 11) is 1.55. The zero-order valence-electron chi connectivity index (χ0n) is 7.90. The summed E-state index contributed by atoms with van der Waals surface area (Å²) in [5.74, 6) is 0.1000. The van der Waals surface area contributed by atoms with Crippen LogP contribution in [0.5, 0.6) is 0 Å². The summed E-state index contributed by atoms with van der Waals surface area (Å²) in [5.41, 5.74) is 5.91. The van der Waals surface area contributed by atoms with E-state index in [1.165, 1.54) is 0 Å². The Kier molecular flexibility index (Phi) is 2.26. The van der Waals surface area contributed by atoms with Crippen LogP contribution in [0.3, 0.4) is 0 Å². The highest BCUT2D eigenvalue weighted by Crippen LogP contribution is 2.36. The van der Waals surface area contributed by atoms with Crippen molar-refractivity contribution >= 4 is 5.91 Å². The summed E-state index contributed by atoms with van der Waals surface area (Å²) in [5, 5.41) is 0. The number of carbonyl (C=O) groups is 1. The van der Waals surface area contributed by atoms with Gasteiger partial charge in [0.25, 0.3) is 0 Å². The molecule has 0 saturated carbocycles. The number of hydrogen-bond acceptors (Lipinski definition) is 3. The van der Waals surface area contributed by atoms with E-state index >= 15 is 0 Å². The molecule has 2 aliphatic rings. The molecule has 3 atom stereocenters. The van der Waals surface area contributed by atoms with Crippen molar-refractivity contribution in [2.24, 2.45) is 5.73 Å². The van der Waals surface area contributed by atoms with E-state index in [4.69, 9.17) is 10.5 Å². The maximum Gasteiger partial charge on any atom is 0.249 e. The quantitative estimate of drug-likeness (QED) is 0.642. The molecule has 4 heteroatoms. The highest BCUT2D eigenvalue weighted by atomic mass is 16.5. The normalized spacial score (nSPS) is 37.1. The van der Waals surface area contributed by atoms with Crippen LogP contribution in [0, 0.1) is 0 Å². The molecule has 1 amide bonds. The van der Waals surface area contributed by atoms with Gasteiger partial charge in [0.05, 0.1) is 0 Å². The third-order valence-electron chi connectivity index (χ3n) is 3.14. The summed E-state index contributed by atoms with van der Waals surface area (Å²) < 4.78 is 4.84. The summed E-state index contributed by atoms with van der Waals surface area (Å²) in [6, 6.07) is 0.870. The van der Waals surface area contributed by atoms with Crippen LogP contribution >= 0.6 is 0 Å². The van der Waals surface area contributed by atoms with Gasteiger partial charge in [-0.3, -0.25) is 4.79 Å². The molecule has 2 fully saturated rings. The first-order valence-electron chi connectivity index (χ1n) is 4.79. The SMILES string of the molecule is COCC(=O)N1C2CCC1C(N)C2. The molecule has 4 nitrogen and oxygen atoms in total. The van der Waals surface area contributed by atoms with Gasteiger partial charge < -0.3 is 15.4 Å². The molecule has 0 aromatic carbocycles. The van der Waals surface area contributed by atoms with Gasteiger partial charge in [0.2, 0.25) is 5.91 Å². The van der Waals surface area contributed by atoms with E-state index in [-0.39, 0.29) is 24.6 Å². The number of hydrogen-bond donors (Lipinski definition) is 1. The Labute approximate surface area is 78.0 Å². The number of nitrogens with two attached hydrogens (primary N) is 1. The lowest BCUT2D eigenvalue weighted by molar-refractivity contribution is -0.136. The zero-order valence-corrected chi connectivity index (χ0v) is 7.90. The molecule has 2 heterocycles. The van der Waals surface area contributed by atoms with E-state index in [1.54, 1.807) is 7.11 Å². The van der Waals surface area contributed by atoms with Crippen molar-refractivity contribution in [1.82, 2.24) is 4.90 Å². The lowest BCUT2D eigenvalue weighted by atomic mass is 9.97. The van der Waals surface area contributed by atoms with E-state index in [0.29, 0.717) is 6.04 Å². The number of fused-ring (bicyclic) bond motifs is 2. The molecular formula is C9H16N2O2. The second-order valence-corrected chi connectivity index (χ2v) is 3.93. The average Bonchev–Trinajstić information content (AvgIpc) is 2.60. The molecule has 2 N–H and O–H groups in total. The molecule has 0 radical (unpaired) electrons. The molecule has 74 valence electrons. The second kappa shape index (κ2) is 3.27. The van der Waals surface area contributed by atoms with Crippen LogP contribution in [0.15, 0.2) is 0 Å². The summed E-state index contributed by atoms with van der Waals surface area (Å²) in [6.45, 7) is 0.194. The highest BCUT2D eigenvalue weighted by Gasteiger charge is 2.46. The van der Waals surface area contributed by atoms with E-state index < -0.39 is 0 Å². The molecule has 2 bridgehead atoms. The molecule has 0 aromatic rings. The van der Waals surface area contributed by atoms with Gasteiger partial charge in [-0.05, 0) is 19.3 Å². The zero-order chi connectivity index (χ0) is 9.42. The molecule has 2 saturated heterocycles. The molecule has 3 unspecified atom stereocenters. The van der Waals surface area contributed by atoms with Crippen molar-refractivity contribution in [3.05, 3.63) is 0 Å². The first-order valence-corrected chi connectivity index (χ1v) is 4.79. The minimum atomic E-state index is 0.1000. The number of rotatable bonds is 2. The Bertz CT molecular complexity index is 220. The molecular weight excluding hydrogens is 168 g/mol. The third-order valence-corrected chi connectivity index (χ3v) is 3.14. The number of methoxy groups -OCH3 is 1. The predicted molar refractivity (Wildman–Crippen MR) is 48.1 cm³/mol. The monoisotopic (exact) mass is 184 g/mol. The maximum absolute atomic E-state index is 11.6. The average molecular weight is 184 g/mol. The summed E-state index contributed by atoms with van der Waals surface area (Å²) in [6.07, 6.45) is 3.16. The Balaban J connectivity index is 2.04. The van der Waals surface area contributed by atoms with Crippen molar-refractivity contribution < 1.29 is 9.53 Å². The van der Waals surface area contributed by atoms with Crippen LogP contribution in [-0.2, 0) is 9.53 Å². The molecule has 0 spiro atoms. The molecule has 2 rings (SSSR count). The molecule has 0 aliphatic carbocycles. The van der Waals surface area contributed by atoms with Gasteiger partial charge in [0.1, 0.15) is 6.61 Å². The van der Waals surface area contributed by atoms with Gasteiger partial charge in [-0.1, -0.05) is 0 Å². The fraction of sp³-hybridized carbons (Fsp3) is 0.889. The second-order valence-electron chi connectivity index (χ2n) is 3.93. The first-order chi connectivity index (χ1) is 6.24. The van der Waals surface area contributed by atoms with Crippen LogP contribution < -0.4 is 5.73 Å². The smallest absolute Gasteiger partial charge is 0.249 e. The Morgan fingerprint density at radius 3 is 2.85 bits per heavy atom. The van der Waals surface area contributed by atoms with Crippen molar-refractivity contribution in [2.45, 2.75) is 37.4 Å². The number of ether oxygens (including phenoxy) is 1. The standard InChI is InChI=1S/C9H16N2O2/c1-13-5-9(12)11-6-2-3-8(11)7(10)4-6/h6-8H,2-5,10H2,1H3. The fourth-order valence-corrected chi connectivity index (χ4v) is 2.62.